The van der Waals surface area contributed by atoms with Gasteiger partial charge in [0.1, 0.15) is 6.33 Å². The van der Waals surface area contributed by atoms with Crippen LogP contribution in [0.15, 0.2) is 43.2 Å². The lowest BCUT2D eigenvalue weighted by molar-refractivity contribution is -0.129. The van der Waals surface area contributed by atoms with Crippen LogP contribution in [0, 0.1) is 0 Å². The summed E-state index contributed by atoms with van der Waals surface area (Å²) in [7, 11) is 1.75. The molecule has 0 atom stereocenters. The summed E-state index contributed by atoms with van der Waals surface area (Å²) in [6.07, 6.45) is 3.17. The van der Waals surface area contributed by atoms with Crippen LogP contribution in [0.2, 0.25) is 0 Å². The van der Waals surface area contributed by atoms with Gasteiger partial charge in [0.25, 0.3) is 0 Å². The molecule has 0 radical (unpaired) electrons. The predicted octanol–water partition coefficient (Wildman–Crippen LogP) is 2.18. The molecule has 1 heterocycles. The quantitative estimate of drug-likeness (QED) is 0.783. The van der Waals surface area contributed by atoms with Crippen LogP contribution < -0.4 is 5.32 Å². The minimum atomic E-state index is -0.266. The molecule has 0 spiro atoms. The van der Waals surface area contributed by atoms with Crippen LogP contribution in [0.4, 0.5) is 5.69 Å². The zero-order chi connectivity index (χ0) is 18.4. The van der Waals surface area contributed by atoms with Gasteiger partial charge in [-0.3, -0.25) is 9.59 Å². The number of rotatable bonds is 7. The molecule has 0 aliphatic carbocycles. The first kappa shape index (κ1) is 18.4. The van der Waals surface area contributed by atoms with Crippen molar-refractivity contribution >= 4 is 17.5 Å². The smallest absolute Gasteiger partial charge is 0.247 e. The number of anilines is 1. The number of carbonyl (C=O) groups is 2. The summed E-state index contributed by atoms with van der Waals surface area (Å²) in [6.45, 7) is 7.90. The maximum atomic E-state index is 12.4. The van der Waals surface area contributed by atoms with Gasteiger partial charge in [0, 0.05) is 18.8 Å². The number of nitrogens with zero attached hydrogens (tertiary/aromatic N) is 4. The summed E-state index contributed by atoms with van der Waals surface area (Å²) in [5, 5.41) is 10.7. The molecule has 2 amide bonds. The van der Waals surface area contributed by atoms with Gasteiger partial charge in [0.2, 0.25) is 11.8 Å². The molecular formula is C18H23N5O2. The average Bonchev–Trinajstić information content (AvgIpc) is 3.04. The van der Waals surface area contributed by atoms with Crippen molar-refractivity contribution in [2.75, 3.05) is 12.4 Å². The fourth-order valence-corrected chi connectivity index (χ4v) is 2.32. The predicted molar refractivity (Wildman–Crippen MR) is 95.9 cm³/mol. The largest absolute Gasteiger partial charge is 0.338 e. The molecule has 7 nitrogen and oxygen atoms in total. The molecule has 1 aromatic heterocycles. The number of hydrogen-bond acceptors (Lipinski definition) is 4. The van der Waals surface area contributed by atoms with Crippen LogP contribution in [0.25, 0.3) is 0 Å². The summed E-state index contributed by atoms with van der Waals surface area (Å²) in [4.78, 5) is 25.3. The van der Waals surface area contributed by atoms with E-state index in [1.807, 2.05) is 30.5 Å². The van der Waals surface area contributed by atoms with Crippen molar-refractivity contribution < 1.29 is 9.59 Å². The van der Waals surface area contributed by atoms with E-state index in [0.29, 0.717) is 12.2 Å². The van der Waals surface area contributed by atoms with Gasteiger partial charge in [-0.15, -0.1) is 10.2 Å². The van der Waals surface area contributed by atoms with Crippen LogP contribution >= 0.6 is 0 Å². The third kappa shape index (κ3) is 5.00. The molecule has 2 aromatic rings. The fourth-order valence-electron chi connectivity index (χ4n) is 2.32. The van der Waals surface area contributed by atoms with Crippen LogP contribution in [0.5, 0.6) is 0 Å². The van der Waals surface area contributed by atoms with E-state index in [1.54, 1.807) is 30.4 Å². The van der Waals surface area contributed by atoms with Crippen molar-refractivity contribution in [3.05, 3.63) is 54.6 Å². The maximum Gasteiger partial charge on any atom is 0.247 e. The molecule has 132 valence electrons. The molecule has 1 aromatic carbocycles. The second kappa shape index (κ2) is 8.23. The van der Waals surface area contributed by atoms with Crippen LogP contribution in [0.1, 0.15) is 31.3 Å². The zero-order valence-corrected chi connectivity index (χ0v) is 14.8. The number of likely N-dealkylation sites (N-methyl/N-ethyl adjacent to an activating group) is 1. The molecule has 25 heavy (non-hydrogen) atoms. The summed E-state index contributed by atoms with van der Waals surface area (Å²) in [5.41, 5.74) is 1.54. The van der Waals surface area contributed by atoms with Crippen molar-refractivity contribution in [3.8, 4) is 0 Å². The highest BCUT2D eigenvalue weighted by Crippen LogP contribution is 2.12. The van der Waals surface area contributed by atoms with Crippen LogP contribution in [-0.2, 0) is 22.6 Å². The van der Waals surface area contributed by atoms with Gasteiger partial charge in [-0.1, -0.05) is 18.7 Å². The molecule has 0 unspecified atom stereocenters. The first-order valence-corrected chi connectivity index (χ1v) is 8.05. The third-order valence-corrected chi connectivity index (χ3v) is 3.77. The normalized spacial score (nSPS) is 10.6. The highest BCUT2D eigenvalue weighted by Gasteiger charge is 2.15. The van der Waals surface area contributed by atoms with Crippen LogP contribution in [0.3, 0.4) is 0 Å². The van der Waals surface area contributed by atoms with Crippen molar-refractivity contribution in [3.63, 3.8) is 0 Å². The van der Waals surface area contributed by atoms with E-state index in [0.717, 1.165) is 11.4 Å². The molecule has 0 fully saturated rings. The summed E-state index contributed by atoms with van der Waals surface area (Å²) in [5.74, 6) is 0.479. The van der Waals surface area contributed by atoms with E-state index in [9.17, 15) is 9.59 Å². The van der Waals surface area contributed by atoms with Gasteiger partial charge in [-0.05, 0) is 37.6 Å². The highest BCUT2D eigenvalue weighted by molar-refractivity contribution is 5.98. The Labute approximate surface area is 147 Å². The lowest BCUT2D eigenvalue weighted by Gasteiger charge is -2.18. The van der Waals surface area contributed by atoms with E-state index >= 15 is 0 Å². The molecule has 1 N–H and O–H groups in total. The number of amides is 2. The van der Waals surface area contributed by atoms with Gasteiger partial charge in [0.05, 0.1) is 13.0 Å². The van der Waals surface area contributed by atoms with E-state index in [4.69, 9.17) is 0 Å². The first-order chi connectivity index (χ1) is 11.9. The minimum Gasteiger partial charge on any atom is -0.338 e. The molecule has 0 aliphatic heterocycles. The fraction of sp³-hybridized carbons (Fsp3) is 0.333. The number of nitrogens with one attached hydrogen (secondary N) is 1. The van der Waals surface area contributed by atoms with E-state index in [-0.39, 0.29) is 24.3 Å². The topological polar surface area (TPSA) is 80.1 Å². The number of aromatic nitrogens is 3. The number of carbonyl (C=O) groups excluding carboxylic acids is 2. The Morgan fingerprint density at radius 1 is 1.32 bits per heavy atom. The van der Waals surface area contributed by atoms with Gasteiger partial charge >= 0.3 is 0 Å². The Morgan fingerprint density at radius 2 is 2.00 bits per heavy atom. The monoisotopic (exact) mass is 341 g/mol. The second-order valence-electron chi connectivity index (χ2n) is 6.07. The highest BCUT2D eigenvalue weighted by atomic mass is 16.2. The average molecular weight is 341 g/mol. The van der Waals surface area contributed by atoms with Crippen molar-refractivity contribution in [1.82, 2.24) is 19.7 Å². The molecule has 0 aliphatic rings. The lowest BCUT2D eigenvalue weighted by Crippen LogP contribution is -2.29. The SMILES string of the molecule is C=CC(=O)Nc1ccc(CC(=O)N(C)Cc2nncn2C(C)C)cc1. The molecule has 0 saturated heterocycles. The van der Waals surface area contributed by atoms with Gasteiger partial charge < -0.3 is 14.8 Å². The van der Waals surface area contributed by atoms with Gasteiger partial charge in [0.15, 0.2) is 5.82 Å². The van der Waals surface area contributed by atoms with Crippen molar-refractivity contribution in [2.45, 2.75) is 32.9 Å². The lowest BCUT2D eigenvalue weighted by atomic mass is 10.1. The minimum absolute atomic E-state index is 0.0128. The number of benzene rings is 1. The standard InChI is InChI=1S/C18H23N5O2/c1-5-17(24)20-15-8-6-14(7-9-15)10-18(25)22(4)11-16-21-19-12-23(16)13(2)3/h5-9,12-13H,1,10-11H2,2-4H3,(H,20,24). The Kier molecular flexibility index (Phi) is 6.05. The van der Waals surface area contributed by atoms with Crippen LogP contribution in [-0.4, -0.2) is 38.5 Å². The summed E-state index contributed by atoms with van der Waals surface area (Å²) in [6, 6.07) is 7.41. The van der Waals surface area contributed by atoms with E-state index < -0.39 is 0 Å². The van der Waals surface area contributed by atoms with Gasteiger partial charge in [-0.2, -0.15) is 0 Å². The number of hydrogen-bond donors (Lipinski definition) is 1. The molecular weight excluding hydrogens is 318 g/mol. The summed E-state index contributed by atoms with van der Waals surface area (Å²) < 4.78 is 1.95. The first-order valence-electron chi connectivity index (χ1n) is 8.05. The van der Waals surface area contributed by atoms with Crippen molar-refractivity contribution in [2.24, 2.45) is 0 Å². The molecule has 0 bridgehead atoms. The Bertz CT molecular complexity index is 749. The molecule has 2 rings (SSSR count). The van der Waals surface area contributed by atoms with Gasteiger partial charge in [-0.25, -0.2) is 0 Å². The van der Waals surface area contributed by atoms with Crippen molar-refractivity contribution in [1.29, 1.82) is 0 Å². The Hall–Kier alpha value is -2.96. The molecule has 0 saturated carbocycles. The molecule has 7 heteroatoms. The Balaban J connectivity index is 1.95. The van der Waals surface area contributed by atoms with E-state index in [1.165, 1.54) is 6.08 Å². The third-order valence-electron chi connectivity index (χ3n) is 3.77. The zero-order valence-electron chi connectivity index (χ0n) is 14.8. The van der Waals surface area contributed by atoms with E-state index in [2.05, 4.69) is 22.1 Å². The maximum absolute atomic E-state index is 12.4. The summed E-state index contributed by atoms with van der Waals surface area (Å²) >= 11 is 0. The second-order valence-corrected chi connectivity index (χ2v) is 6.07. The Morgan fingerprint density at radius 3 is 2.60 bits per heavy atom.